The zero-order valence-corrected chi connectivity index (χ0v) is 13.1. The van der Waals surface area contributed by atoms with Crippen LogP contribution in [0.15, 0.2) is 48.5 Å². The molecule has 0 saturated heterocycles. The lowest BCUT2D eigenvalue weighted by Gasteiger charge is -2.22. The van der Waals surface area contributed by atoms with E-state index in [1.807, 2.05) is 0 Å². The predicted octanol–water partition coefficient (Wildman–Crippen LogP) is 5.76. The Kier molecular flexibility index (Phi) is 2.39. The summed E-state index contributed by atoms with van der Waals surface area (Å²) in [6.07, 6.45) is 0. The second-order valence-electron chi connectivity index (χ2n) is 6.92. The van der Waals surface area contributed by atoms with E-state index < -0.39 is 0 Å². The molecule has 21 heavy (non-hydrogen) atoms. The Morgan fingerprint density at radius 2 is 1.29 bits per heavy atom. The average Bonchev–Trinajstić information content (AvgIpc) is 2.65. The number of aryl methyl sites for hydroxylation is 2. The maximum absolute atomic E-state index is 2.40. The van der Waals surface area contributed by atoms with Crippen molar-refractivity contribution in [3.63, 3.8) is 0 Å². The molecular formula is C21H20. The number of rotatable bonds is 0. The van der Waals surface area contributed by atoms with Gasteiger partial charge in [0.25, 0.3) is 0 Å². The van der Waals surface area contributed by atoms with Gasteiger partial charge in [0, 0.05) is 5.41 Å². The van der Waals surface area contributed by atoms with Gasteiger partial charge in [-0.25, -0.2) is 0 Å². The summed E-state index contributed by atoms with van der Waals surface area (Å²) in [6, 6.07) is 18.4. The van der Waals surface area contributed by atoms with Crippen molar-refractivity contribution in [2.45, 2.75) is 33.1 Å². The van der Waals surface area contributed by atoms with Crippen molar-refractivity contribution in [2.75, 3.05) is 0 Å². The normalized spacial score (nSPS) is 15.0. The van der Waals surface area contributed by atoms with Crippen molar-refractivity contribution in [3.8, 4) is 11.1 Å². The van der Waals surface area contributed by atoms with Crippen LogP contribution in [0.4, 0.5) is 0 Å². The highest BCUT2D eigenvalue weighted by Gasteiger charge is 2.35. The molecule has 0 radical (unpaired) electrons. The number of hydrogen-bond acceptors (Lipinski definition) is 0. The summed E-state index contributed by atoms with van der Waals surface area (Å²) in [5.74, 6) is 0. The molecule has 0 heteroatoms. The fourth-order valence-electron chi connectivity index (χ4n) is 3.71. The van der Waals surface area contributed by atoms with Gasteiger partial charge in [0.05, 0.1) is 0 Å². The van der Waals surface area contributed by atoms with Gasteiger partial charge in [-0.1, -0.05) is 61.4 Å². The quantitative estimate of drug-likeness (QED) is 0.488. The molecule has 1 aliphatic carbocycles. The molecule has 104 valence electrons. The minimum absolute atomic E-state index is 0.0919. The molecule has 0 bridgehead atoms. The zero-order valence-electron chi connectivity index (χ0n) is 13.1. The van der Waals surface area contributed by atoms with Gasteiger partial charge in [-0.3, -0.25) is 0 Å². The minimum atomic E-state index is 0.0919. The first-order valence-electron chi connectivity index (χ1n) is 7.63. The molecule has 0 aromatic heterocycles. The first-order valence-corrected chi connectivity index (χ1v) is 7.63. The van der Waals surface area contributed by atoms with Crippen LogP contribution in [0.3, 0.4) is 0 Å². The third kappa shape index (κ3) is 1.68. The van der Waals surface area contributed by atoms with Gasteiger partial charge in [0.1, 0.15) is 0 Å². The highest BCUT2D eigenvalue weighted by Crippen LogP contribution is 2.49. The summed E-state index contributed by atoms with van der Waals surface area (Å²) in [5.41, 5.74) is 8.50. The zero-order chi connectivity index (χ0) is 14.8. The fourth-order valence-corrected chi connectivity index (χ4v) is 3.71. The van der Waals surface area contributed by atoms with E-state index >= 15 is 0 Å². The number of hydrogen-bond donors (Lipinski definition) is 0. The van der Waals surface area contributed by atoms with Crippen molar-refractivity contribution in [2.24, 2.45) is 0 Å². The Labute approximate surface area is 126 Å². The van der Waals surface area contributed by atoms with Crippen LogP contribution >= 0.6 is 0 Å². The Morgan fingerprint density at radius 3 is 2.10 bits per heavy atom. The first kappa shape index (κ1) is 12.6. The van der Waals surface area contributed by atoms with Crippen LogP contribution in [-0.2, 0) is 5.41 Å². The first-order chi connectivity index (χ1) is 9.96. The molecule has 0 aliphatic heterocycles. The molecule has 4 rings (SSSR count). The maximum Gasteiger partial charge on any atom is 0.0159 e. The molecule has 0 heterocycles. The monoisotopic (exact) mass is 272 g/mol. The molecule has 1 aliphatic rings. The van der Waals surface area contributed by atoms with Crippen LogP contribution in [-0.4, -0.2) is 0 Å². The lowest BCUT2D eigenvalue weighted by Crippen LogP contribution is -2.15. The van der Waals surface area contributed by atoms with Crippen LogP contribution in [0, 0.1) is 13.8 Å². The molecule has 0 nitrogen and oxygen atoms in total. The summed E-state index contributed by atoms with van der Waals surface area (Å²) in [6.45, 7) is 9.03. The number of benzene rings is 3. The smallest absolute Gasteiger partial charge is 0.0159 e. The molecule has 0 N–H and O–H groups in total. The Balaban J connectivity index is 2.10. The third-order valence-corrected chi connectivity index (χ3v) is 4.94. The van der Waals surface area contributed by atoms with Crippen LogP contribution < -0.4 is 0 Å². The van der Waals surface area contributed by atoms with E-state index in [4.69, 9.17) is 0 Å². The number of fused-ring (bicyclic) bond motifs is 4. The minimum Gasteiger partial charge on any atom is -0.0587 e. The average molecular weight is 272 g/mol. The van der Waals surface area contributed by atoms with Crippen LogP contribution in [0.5, 0.6) is 0 Å². The van der Waals surface area contributed by atoms with Crippen LogP contribution in [0.2, 0.25) is 0 Å². The molecule has 0 unspecified atom stereocenters. The Hall–Kier alpha value is -2.08. The standard InChI is InChI=1S/C21H20/c1-13-5-7-15-11-18-17-8-6-14(2)10-19(17)21(3,4)20(18)12-16(15)9-13/h5-12H,1-4H3. The fraction of sp³-hybridized carbons (Fsp3) is 0.238. The van der Waals surface area contributed by atoms with E-state index in [9.17, 15) is 0 Å². The van der Waals surface area contributed by atoms with E-state index in [0.29, 0.717) is 0 Å². The summed E-state index contributed by atoms with van der Waals surface area (Å²) in [7, 11) is 0. The van der Waals surface area contributed by atoms with Crippen molar-refractivity contribution < 1.29 is 0 Å². The second kappa shape index (κ2) is 3.98. The van der Waals surface area contributed by atoms with Crippen LogP contribution in [0.1, 0.15) is 36.1 Å². The van der Waals surface area contributed by atoms with Gasteiger partial charge in [-0.15, -0.1) is 0 Å². The Bertz CT molecular complexity index is 882. The lowest BCUT2D eigenvalue weighted by atomic mass is 9.81. The summed E-state index contributed by atoms with van der Waals surface area (Å²) in [5, 5.41) is 2.69. The van der Waals surface area contributed by atoms with E-state index in [-0.39, 0.29) is 5.41 Å². The largest absolute Gasteiger partial charge is 0.0587 e. The van der Waals surface area contributed by atoms with Crippen LogP contribution in [0.25, 0.3) is 21.9 Å². The van der Waals surface area contributed by atoms with E-state index in [0.717, 1.165) is 0 Å². The molecule has 0 atom stereocenters. The molecule has 0 spiro atoms. The van der Waals surface area contributed by atoms with Crippen molar-refractivity contribution in [1.29, 1.82) is 0 Å². The lowest BCUT2D eigenvalue weighted by molar-refractivity contribution is 0.660. The van der Waals surface area contributed by atoms with Gasteiger partial charge in [-0.2, -0.15) is 0 Å². The Morgan fingerprint density at radius 1 is 0.619 bits per heavy atom. The van der Waals surface area contributed by atoms with E-state index in [2.05, 4.69) is 76.2 Å². The predicted molar refractivity (Wildman–Crippen MR) is 91.0 cm³/mol. The van der Waals surface area contributed by atoms with E-state index in [1.54, 1.807) is 0 Å². The summed E-state index contributed by atoms with van der Waals surface area (Å²) in [4.78, 5) is 0. The van der Waals surface area contributed by atoms with Gasteiger partial charge in [-0.05, 0) is 59.0 Å². The van der Waals surface area contributed by atoms with Gasteiger partial charge >= 0.3 is 0 Å². The van der Waals surface area contributed by atoms with Crippen molar-refractivity contribution >= 4 is 10.8 Å². The van der Waals surface area contributed by atoms with Crippen molar-refractivity contribution in [1.82, 2.24) is 0 Å². The highest BCUT2D eigenvalue weighted by molar-refractivity contribution is 5.93. The maximum atomic E-state index is 2.40. The topological polar surface area (TPSA) is 0 Å². The van der Waals surface area contributed by atoms with Crippen molar-refractivity contribution in [3.05, 3.63) is 70.8 Å². The van der Waals surface area contributed by atoms with Gasteiger partial charge < -0.3 is 0 Å². The SMILES string of the molecule is Cc1ccc2c(c1)C(C)(C)c1cc3cc(C)ccc3cc1-2. The molecule has 0 fully saturated rings. The third-order valence-electron chi connectivity index (χ3n) is 4.94. The molecule has 3 aromatic carbocycles. The van der Waals surface area contributed by atoms with Gasteiger partial charge in [0.2, 0.25) is 0 Å². The molecular weight excluding hydrogens is 252 g/mol. The summed E-state index contributed by atoms with van der Waals surface area (Å²) < 4.78 is 0. The molecule has 0 saturated carbocycles. The second-order valence-corrected chi connectivity index (χ2v) is 6.92. The molecule has 0 amide bonds. The van der Waals surface area contributed by atoms with Gasteiger partial charge in [0.15, 0.2) is 0 Å². The highest BCUT2D eigenvalue weighted by atomic mass is 14.4. The summed E-state index contributed by atoms with van der Waals surface area (Å²) >= 11 is 0. The van der Waals surface area contributed by atoms with E-state index in [1.165, 1.54) is 44.2 Å². The molecule has 3 aromatic rings.